The number of nitrogens with zero attached hydrogens (tertiary/aromatic N) is 1. The Bertz CT molecular complexity index is 1460. The summed E-state index contributed by atoms with van der Waals surface area (Å²) in [6, 6.07) is 19.9. The third-order valence-electron chi connectivity index (χ3n) is 5.31. The zero-order chi connectivity index (χ0) is 25.7. The molecule has 4 rings (SSSR count). The molecule has 0 saturated heterocycles. The van der Waals surface area contributed by atoms with E-state index in [-0.39, 0.29) is 6.61 Å². The molecular formula is C27H21Cl3N2O4. The third kappa shape index (κ3) is 5.85. The van der Waals surface area contributed by atoms with Gasteiger partial charge in [-0.25, -0.2) is 5.43 Å². The average molecular weight is 544 g/mol. The first-order valence-electron chi connectivity index (χ1n) is 10.7. The Labute approximate surface area is 223 Å². The van der Waals surface area contributed by atoms with Gasteiger partial charge in [-0.1, -0.05) is 65.1 Å². The highest BCUT2D eigenvalue weighted by Crippen LogP contribution is 2.37. The number of carbonyl (C=O) groups excluding carboxylic acids is 1. The number of nitrogens with one attached hydrogen (secondary N) is 1. The van der Waals surface area contributed by atoms with Gasteiger partial charge in [0.1, 0.15) is 12.4 Å². The lowest BCUT2D eigenvalue weighted by Crippen LogP contribution is -2.18. The quantitative estimate of drug-likeness (QED) is 0.189. The second-order valence-corrected chi connectivity index (χ2v) is 8.89. The molecule has 0 spiro atoms. The van der Waals surface area contributed by atoms with Gasteiger partial charge in [0.15, 0.2) is 11.5 Å². The first-order valence-corrected chi connectivity index (χ1v) is 11.9. The van der Waals surface area contributed by atoms with E-state index in [9.17, 15) is 4.79 Å². The fraction of sp³-hybridized carbons (Fsp3) is 0.111. The van der Waals surface area contributed by atoms with Gasteiger partial charge in [-0.3, -0.25) is 4.79 Å². The molecule has 0 aromatic heterocycles. The van der Waals surface area contributed by atoms with Gasteiger partial charge in [0.05, 0.1) is 41.1 Å². The summed E-state index contributed by atoms with van der Waals surface area (Å²) in [4.78, 5) is 12.8. The Kier molecular flexibility index (Phi) is 8.21. The van der Waals surface area contributed by atoms with E-state index in [1.165, 1.54) is 20.4 Å². The highest BCUT2D eigenvalue weighted by molar-refractivity contribution is 6.42. The summed E-state index contributed by atoms with van der Waals surface area (Å²) in [5.41, 5.74) is 4.32. The number of halogens is 3. The van der Waals surface area contributed by atoms with Crippen LogP contribution in [0.25, 0.3) is 10.8 Å². The number of amides is 1. The zero-order valence-corrected chi connectivity index (χ0v) is 21.6. The number of methoxy groups -OCH3 is 2. The van der Waals surface area contributed by atoms with Crippen LogP contribution in [0.1, 0.15) is 21.5 Å². The van der Waals surface area contributed by atoms with Crippen LogP contribution < -0.4 is 19.6 Å². The Morgan fingerprint density at radius 3 is 2.28 bits per heavy atom. The van der Waals surface area contributed by atoms with Crippen molar-refractivity contribution < 1.29 is 19.0 Å². The number of fused-ring (bicyclic) bond motifs is 1. The van der Waals surface area contributed by atoms with Crippen molar-refractivity contribution in [1.29, 1.82) is 0 Å². The summed E-state index contributed by atoms with van der Waals surface area (Å²) in [7, 11) is 3.02. The maximum Gasteiger partial charge on any atom is 0.275 e. The molecule has 9 heteroatoms. The molecule has 0 heterocycles. The summed E-state index contributed by atoms with van der Waals surface area (Å²) in [6.45, 7) is 0.212. The Morgan fingerprint density at radius 1 is 0.861 bits per heavy atom. The van der Waals surface area contributed by atoms with E-state index in [4.69, 9.17) is 49.0 Å². The molecule has 36 heavy (non-hydrogen) atoms. The second-order valence-electron chi connectivity index (χ2n) is 7.67. The van der Waals surface area contributed by atoms with Gasteiger partial charge < -0.3 is 14.2 Å². The fourth-order valence-corrected chi connectivity index (χ4v) is 4.13. The van der Waals surface area contributed by atoms with Crippen molar-refractivity contribution in [2.45, 2.75) is 6.61 Å². The Hall–Kier alpha value is -3.45. The number of hydrazone groups is 1. The van der Waals surface area contributed by atoms with Crippen LogP contribution in [0.3, 0.4) is 0 Å². The molecule has 6 nitrogen and oxygen atoms in total. The van der Waals surface area contributed by atoms with E-state index in [1.54, 1.807) is 30.3 Å². The lowest BCUT2D eigenvalue weighted by Gasteiger charge is -2.13. The first kappa shape index (κ1) is 25.6. The second kappa shape index (κ2) is 11.5. The smallest absolute Gasteiger partial charge is 0.275 e. The van der Waals surface area contributed by atoms with Gasteiger partial charge in [0, 0.05) is 0 Å². The van der Waals surface area contributed by atoms with Crippen molar-refractivity contribution in [3.8, 4) is 17.2 Å². The molecule has 0 unspecified atom stereocenters. The van der Waals surface area contributed by atoms with Crippen LogP contribution >= 0.6 is 34.8 Å². The summed E-state index contributed by atoms with van der Waals surface area (Å²) in [5.74, 6) is 0.821. The topological polar surface area (TPSA) is 69.2 Å². The molecule has 4 aromatic rings. The van der Waals surface area contributed by atoms with E-state index < -0.39 is 5.91 Å². The summed E-state index contributed by atoms with van der Waals surface area (Å²) < 4.78 is 16.7. The van der Waals surface area contributed by atoms with Crippen molar-refractivity contribution in [3.05, 3.63) is 98.5 Å². The molecule has 184 valence electrons. The highest BCUT2D eigenvalue weighted by Gasteiger charge is 2.14. The molecule has 0 aliphatic rings. The van der Waals surface area contributed by atoms with Gasteiger partial charge in [0.2, 0.25) is 0 Å². The Morgan fingerprint density at radius 2 is 1.58 bits per heavy atom. The molecule has 0 bridgehead atoms. The lowest BCUT2D eigenvalue weighted by atomic mass is 10.1. The number of ether oxygens (including phenoxy) is 3. The minimum Gasteiger partial charge on any atom is -0.496 e. The summed E-state index contributed by atoms with van der Waals surface area (Å²) >= 11 is 18.5. The number of benzene rings is 4. The molecule has 0 atom stereocenters. The van der Waals surface area contributed by atoms with Crippen LogP contribution in [0.2, 0.25) is 15.1 Å². The van der Waals surface area contributed by atoms with Crippen LogP contribution in [-0.2, 0) is 6.61 Å². The standard InChI is InChI=1S/C27H21Cl3N2O4/c1-34-24-13-19-6-4-3-5-18(19)12-20(24)27(33)32-31-14-17-10-23(30)26(25(11-17)35-2)36-15-16-7-8-21(28)22(29)9-16/h3-14H,15H2,1-2H3,(H,32,33)/b31-14-. The molecule has 1 N–H and O–H groups in total. The van der Waals surface area contributed by atoms with Crippen molar-refractivity contribution in [3.63, 3.8) is 0 Å². The zero-order valence-electron chi connectivity index (χ0n) is 19.3. The monoisotopic (exact) mass is 542 g/mol. The highest BCUT2D eigenvalue weighted by atomic mass is 35.5. The van der Waals surface area contributed by atoms with Crippen molar-refractivity contribution in [2.24, 2.45) is 5.10 Å². The van der Waals surface area contributed by atoms with E-state index in [2.05, 4.69) is 10.5 Å². The predicted octanol–water partition coefficient (Wildman–Crippen LogP) is 7.16. The van der Waals surface area contributed by atoms with Crippen LogP contribution in [0.5, 0.6) is 17.2 Å². The van der Waals surface area contributed by atoms with E-state index in [0.29, 0.717) is 43.4 Å². The molecule has 0 aliphatic heterocycles. The number of hydrogen-bond acceptors (Lipinski definition) is 5. The molecule has 0 radical (unpaired) electrons. The normalized spacial score (nSPS) is 11.0. The van der Waals surface area contributed by atoms with Crippen LogP contribution in [0.4, 0.5) is 0 Å². The average Bonchev–Trinajstić information content (AvgIpc) is 2.88. The SMILES string of the molecule is COc1cc2ccccc2cc1C(=O)N/N=C\c1cc(Cl)c(OCc2ccc(Cl)c(Cl)c2)c(OC)c1. The molecule has 0 aliphatic carbocycles. The lowest BCUT2D eigenvalue weighted by molar-refractivity contribution is 0.0952. The molecule has 1 amide bonds. The minimum atomic E-state index is -0.409. The van der Waals surface area contributed by atoms with E-state index in [1.807, 2.05) is 36.4 Å². The predicted molar refractivity (Wildman–Crippen MR) is 144 cm³/mol. The fourth-order valence-electron chi connectivity index (χ4n) is 3.53. The number of rotatable bonds is 8. The molecule has 4 aromatic carbocycles. The molecular weight excluding hydrogens is 523 g/mol. The third-order valence-corrected chi connectivity index (χ3v) is 6.33. The van der Waals surface area contributed by atoms with Gasteiger partial charge >= 0.3 is 0 Å². The summed E-state index contributed by atoms with van der Waals surface area (Å²) in [6.07, 6.45) is 1.46. The first-order chi connectivity index (χ1) is 17.4. The van der Waals surface area contributed by atoms with E-state index >= 15 is 0 Å². The summed E-state index contributed by atoms with van der Waals surface area (Å²) in [5, 5.41) is 7.17. The van der Waals surface area contributed by atoms with Crippen molar-refractivity contribution >= 4 is 57.7 Å². The molecule has 0 fully saturated rings. The van der Waals surface area contributed by atoms with Crippen LogP contribution in [0.15, 0.2) is 71.8 Å². The van der Waals surface area contributed by atoms with Gasteiger partial charge in [0.25, 0.3) is 5.91 Å². The number of hydrogen-bond donors (Lipinski definition) is 1. The van der Waals surface area contributed by atoms with Gasteiger partial charge in [-0.15, -0.1) is 0 Å². The van der Waals surface area contributed by atoms with Crippen LogP contribution in [0, 0.1) is 0 Å². The van der Waals surface area contributed by atoms with Gasteiger partial charge in [-0.2, -0.15) is 5.10 Å². The minimum absolute atomic E-state index is 0.212. The van der Waals surface area contributed by atoms with Crippen molar-refractivity contribution in [1.82, 2.24) is 5.43 Å². The maximum atomic E-state index is 12.8. The van der Waals surface area contributed by atoms with E-state index in [0.717, 1.165) is 16.3 Å². The number of carbonyl (C=O) groups is 1. The Balaban J connectivity index is 1.48. The largest absolute Gasteiger partial charge is 0.496 e. The van der Waals surface area contributed by atoms with Gasteiger partial charge in [-0.05, 0) is 58.3 Å². The maximum absolute atomic E-state index is 12.8. The molecule has 0 saturated carbocycles. The van der Waals surface area contributed by atoms with Crippen molar-refractivity contribution in [2.75, 3.05) is 14.2 Å². The van der Waals surface area contributed by atoms with Crippen LogP contribution in [-0.4, -0.2) is 26.3 Å².